The van der Waals surface area contributed by atoms with Gasteiger partial charge < -0.3 is 14.5 Å². The number of amides is 1. The van der Waals surface area contributed by atoms with Gasteiger partial charge >= 0.3 is 5.97 Å². The number of aryl methyl sites for hydroxylation is 1. The van der Waals surface area contributed by atoms with Crippen LogP contribution < -0.4 is 9.62 Å². The van der Waals surface area contributed by atoms with Crippen LogP contribution in [0.5, 0.6) is 0 Å². The lowest BCUT2D eigenvalue weighted by molar-refractivity contribution is -0.155. The van der Waals surface area contributed by atoms with Gasteiger partial charge in [-0.05, 0) is 69.9 Å². The zero-order valence-corrected chi connectivity index (χ0v) is 25.9. The molecule has 41 heavy (non-hydrogen) atoms. The Balaban J connectivity index is 1.73. The highest BCUT2D eigenvalue weighted by Gasteiger charge is 2.35. The van der Waals surface area contributed by atoms with Gasteiger partial charge in [0.05, 0.1) is 29.2 Å². The van der Waals surface area contributed by atoms with E-state index in [1.807, 2.05) is 65.0 Å². The lowest BCUT2D eigenvalue weighted by Crippen LogP contribution is -2.34. The van der Waals surface area contributed by atoms with Crippen molar-refractivity contribution < 1.29 is 27.2 Å². The number of carbonyl (C=O) groups excluding carboxylic acids is 2. The zero-order valence-electron chi connectivity index (χ0n) is 25.0. The molecule has 1 fully saturated rings. The van der Waals surface area contributed by atoms with Crippen molar-refractivity contribution in [3.8, 4) is 11.3 Å². The second-order valence-corrected chi connectivity index (χ2v) is 14.0. The third-order valence-corrected chi connectivity index (χ3v) is 8.53. The van der Waals surface area contributed by atoms with Crippen LogP contribution in [0, 0.1) is 18.3 Å². The molecular weight excluding hydrogens is 542 g/mol. The first kappa shape index (κ1) is 30.6. The first-order valence-electron chi connectivity index (χ1n) is 14.1. The number of pyridine rings is 1. The van der Waals surface area contributed by atoms with Gasteiger partial charge in [0, 0.05) is 19.2 Å². The van der Waals surface area contributed by atoms with Crippen LogP contribution in [0.3, 0.4) is 0 Å². The van der Waals surface area contributed by atoms with Crippen LogP contribution in [0.4, 0.5) is 5.82 Å². The van der Waals surface area contributed by atoms with Gasteiger partial charge in [0.25, 0.3) is 5.91 Å². The fourth-order valence-corrected chi connectivity index (χ4v) is 5.74. The number of benzene rings is 1. The van der Waals surface area contributed by atoms with E-state index in [1.165, 1.54) is 4.31 Å². The Labute approximate surface area is 242 Å². The molecule has 0 radical (unpaired) electrons. The van der Waals surface area contributed by atoms with E-state index in [4.69, 9.17) is 14.1 Å². The van der Waals surface area contributed by atoms with Crippen molar-refractivity contribution in [3.05, 3.63) is 47.0 Å². The minimum absolute atomic E-state index is 0.142. The summed E-state index contributed by atoms with van der Waals surface area (Å²) in [6.07, 6.45) is 3.84. The Morgan fingerprint density at radius 3 is 2.41 bits per heavy atom. The molecule has 0 spiro atoms. The number of carbonyl (C=O) groups is 2. The number of nitrogens with zero attached hydrogens (tertiary/aromatic N) is 2. The third kappa shape index (κ3) is 6.92. The van der Waals surface area contributed by atoms with E-state index in [-0.39, 0.29) is 36.0 Å². The average molecular weight is 584 g/mol. The molecule has 10 heteroatoms. The lowest BCUT2D eigenvalue weighted by atomic mass is 9.88. The number of esters is 1. The van der Waals surface area contributed by atoms with Crippen molar-refractivity contribution in [2.75, 3.05) is 30.8 Å². The third-order valence-electron chi connectivity index (χ3n) is 7.38. The Hall–Kier alpha value is -3.40. The second kappa shape index (κ2) is 11.8. The Morgan fingerprint density at radius 2 is 1.85 bits per heavy atom. The molecule has 1 amide bonds. The highest BCUT2D eigenvalue weighted by Crippen LogP contribution is 2.47. The van der Waals surface area contributed by atoms with Gasteiger partial charge in [0.15, 0.2) is 0 Å². The van der Waals surface area contributed by atoms with Crippen LogP contribution in [0.1, 0.15) is 80.8 Å². The number of ether oxygens (including phenoxy) is 1. The van der Waals surface area contributed by atoms with Crippen LogP contribution >= 0.6 is 0 Å². The van der Waals surface area contributed by atoms with Crippen molar-refractivity contribution >= 4 is 38.8 Å². The van der Waals surface area contributed by atoms with Gasteiger partial charge in [0.2, 0.25) is 15.7 Å². The predicted octanol–water partition coefficient (Wildman–Crippen LogP) is 5.81. The lowest BCUT2D eigenvalue weighted by Gasteiger charge is -2.27. The summed E-state index contributed by atoms with van der Waals surface area (Å²) in [6.45, 7) is 10.1. The van der Waals surface area contributed by atoms with Crippen molar-refractivity contribution in [2.24, 2.45) is 11.3 Å². The molecule has 3 aromatic rings. The van der Waals surface area contributed by atoms with E-state index < -0.39 is 15.4 Å². The topological polar surface area (TPSA) is 119 Å². The number of sulfonamides is 1. The summed E-state index contributed by atoms with van der Waals surface area (Å²) in [5.41, 5.74) is 2.39. The molecule has 2 aromatic heterocycles. The Morgan fingerprint density at radius 1 is 1.20 bits per heavy atom. The van der Waals surface area contributed by atoms with Gasteiger partial charge in [-0.25, -0.2) is 8.42 Å². The monoisotopic (exact) mass is 583 g/mol. The number of furan rings is 1. The highest BCUT2D eigenvalue weighted by atomic mass is 32.2. The van der Waals surface area contributed by atoms with Gasteiger partial charge in [0.1, 0.15) is 11.6 Å². The summed E-state index contributed by atoms with van der Waals surface area (Å²) in [7, 11) is -2.16. The minimum Gasteiger partial charge on any atom is -0.465 e. The largest absolute Gasteiger partial charge is 0.465 e. The second-order valence-electron chi connectivity index (χ2n) is 12.1. The molecule has 0 aliphatic heterocycles. The fraction of sp³-hybridized carbons (Fsp3) is 0.516. The highest BCUT2D eigenvalue weighted by molar-refractivity contribution is 7.92. The molecule has 4 rings (SSSR count). The van der Waals surface area contributed by atoms with Crippen molar-refractivity contribution in [3.63, 3.8) is 0 Å². The van der Waals surface area contributed by atoms with Crippen LogP contribution in [-0.2, 0) is 19.6 Å². The molecule has 1 aromatic carbocycles. The van der Waals surface area contributed by atoms with Gasteiger partial charge in [-0.1, -0.05) is 43.7 Å². The molecule has 2 heterocycles. The van der Waals surface area contributed by atoms with Crippen LogP contribution in [0.2, 0.25) is 0 Å². The summed E-state index contributed by atoms with van der Waals surface area (Å²) in [5.74, 6) is 0.477. The van der Waals surface area contributed by atoms with E-state index in [1.54, 1.807) is 7.05 Å². The molecule has 1 aliphatic carbocycles. The van der Waals surface area contributed by atoms with E-state index in [9.17, 15) is 18.0 Å². The fourth-order valence-electron chi connectivity index (χ4n) is 4.82. The van der Waals surface area contributed by atoms with E-state index >= 15 is 0 Å². The number of aromatic nitrogens is 1. The number of fused-ring (bicyclic) bond motifs is 1. The summed E-state index contributed by atoms with van der Waals surface area (Å²) >= 11 is 0. The van der Waals surface area contributed by atoms with Crippen LogP contribution in [0.15, 0.2) is 34.7 Å². The standard InChI is InChI=1S/C31H41N3O6S/c1-19(2)18-39-30(36)31(4,5)15-8-16-34(41(7,37)38)27-23(21-13-14-21)17-24-25(28(35)32-6)26(40-29(24)33-27)22-11-9-20(3)10-12-22/h9-12,17,19,21H,8,13-16,18H2,1-7H3,(H,32,35). The molecule has 0 unspecified atom stereocenters. The normalized spacial score (nSPS) is 14.0. The summed E-state index contributed by atoms with van der Waals surface area (Å²) in [5, 5.41) is 3.25. The summed E-state index contributed by atoms with van der Waals surface area (Å²) in [6, 6.07) is 9.52. The van der Waals surface area contributed by atoms with Crippen LogP contribution in [-0.4, -0.2) is 51.7 Å². The summed E-state index contributed by atoms with van der Waals surface area (Å²) < 4.78 is 39.2. The summed E-state index contributed by atoms with van der Waals surface area (Å²) in [4.78, 5) is 30.5. The SMILES string of the molecule is CNC(=O)c1c(-c2ccc(C)cc2)oc2nc(N(CCCC(C)(C)C(=O)OCC(C)C)S(C)(=O)=O)c(C3CC3)cc12. The number of hydrogen-bond acceptors (Lipinski definition) is 7. The first-order valence-corrected chi connectivity index (χ1v) is 16.0. The van der Waals surface area contributed by atoms with Crippen molar-refractivity contribution in [2.45, 2.75) is 66.2 Å². The predicted molar refractivity (Wildman–Crippen MR) is 161 cm³/mol. The minimum atomic E-state index is -3.72. The quantitative estimate of drug-likeness (QED) is 0.267. The van der Waals surface area contributed by atoms with Gasteiger partial charge in [-0.2, -0.15) is 4.98 Å². The van der Waals surface area contributed by atoms with Crippen LogP contribution in [0.25, 0.3) is 22.4 Å². The Bertz CT molecular complexity index is 1540. The van der Waals surface area contributed by atoms with Gasteiger partial charge in [-0.3, -0.25) is 13.9 Å². The maximum Gasteiger partial charge on any atom is 0.311 e. The smallest absolute Gasteiger partial charge is 0.311 e. The van der Waals surface area contributed by atoms with E-state index in [2.05, 4.69) is 5.32 Å². The number of hydrogen-bond donors (Lipinski definition) is 1. The maximum atomic E-state index is 13.1. The molecular formula is C31H41N3O6S. The first-order chi connectivity index (χ1) is 19.2. The molecule has 222 valence electrons. The molecule has 1 N–H and O–H groups in total. The van der Waals surface area contributed by atoms with E-state index in [0.29, 0.717) is 42.0 Å². The maximum absolute atomic E-state index is 13.1. The zero-order chi connectivity index (χ0) is 30.1. The molecule has 9 nitrogen and oxygen atoms in total. The molecule has 0 atom stereocenters. The number of anilines is 1. The molecule has 0 saturated heterocycles. The van der Waals surface area contributed by atoms with Gasteiger partial charge in [-0.15, -0.1) is 0 Å². The average Bonchev–Trinajstić information content (AvgIpc) is 3.68. The Kier molecular flexibility index (Phi) is 8.82. The molecule has 1 saturated carbocycles. The number of nitrogens with one attached hydrogen (secondary N) is 1. The van der Waals surface area contributed by atoms with Crippen molar-refractivity contribution in [1.29, 1.82) is 0 Å². The van der Waals surface area contributed by atoms with E-state index in [0.717, 1.165) is 35.8 Å². The molecule has 1 aliphatic rings. The van der Waals surface area contributed by atoms with Crippen molar-refractivity contribution in [1.82, 2.24) is 10.3 Å². The molecule has 0 bridgehead atoms. The number of rotatable bonds is 12.